The van der Waals surface area contributed by atoms with E-state index in [1.807, 2.05) is 29.9 Å². The molecule has 6 heteroatoms. The van der Waals surface area contributed by atoms with Crippen molar-refractivity contribution in [2.24, 2.45) is 0 Å². The van der Waals surface area contributed by atoms with Crippen LogP contribution in [0.4, 0.5) is 4.39 Å². The van der Waals surface area contributed by atoms with Crippen LogP contribution in [0.3, 0.4) is 0 Å². The molecule has 1 atom stereocenters. The highest BCUT2D eigenvalue weighted by Crippen LogP contribution is 2.25. The molecule has 5 nitrogen and oxygen atoms in total. The second kappa shape index (κ2) is 8.45. The number of amides is 1. The van der Waals surface area contributed by atoms with E-state index in [9.17, 15) is 9.18 Å². The highest BCUT2D eigenvalue weighted by atomic mass is 19.1. The summed E-state index contributed by atoms with van der Waals surface area (Å²) in [6.45, 7) is 7.26. The van der Waals surface area contributed by atoms with Gasteiger partial charge in [0.25, 0.3) is 5.91 Å². The maximum absolute atomic E-state index is 13.3. The van der Waals surface area contributed by atoms with Crippen LogP contribution in [-0.2, 0) is 6.54 Å². The van der Waals surface area contributed by atoms with Gasteiger partial charge in [0.15, 0.2) is 0 Å². The van der Waals surface area contributed by atoms with Gasteiger partial charge in [-0.3, -0.25) is 14.4 Å². The van der Waals surface area contributed by atoms with Crippen LogP contribution in [0.25, 0.3) is 0 Å². The maximum Gasteiger partial charge on any atom is 0.254 e. The Balaban J connectivity index is 1.71. The smallest absolute Gasteiger partial charge is 0.254 e. The van der Waals surface area contributed by atoms with Crippen molar-refractivity contribution in [2.75, 3.05) is 19.6 Å². The quantitative estimate of drug-likeness (QED) is 0.826. The van der Waals surface area contributed by atoms with Gasteiger partial charge in [0.1, 0.15) is 5.82 Å². The molecule has 0 unspecified atom stereocenters. The van der Waals surface area contributed by atoms with Crippen LogP contribution in [0, 0.1) is 12.7 Å². The van der Waals surface area contributed by atoms with Gasteiger partial charge in [-0.2, -0.15) is 5.10 Å². The van der Waals surface area contributed by atoms with Crippen LogP contribution in [0.2, 0.25) is 0 Å². The zero-order chi connectivity index (χ0) is 18.5. The first-order valence-electron chi connectivity index (χ1n) is 9.40. The zero-order valence-corrected chi connectivity index (χ0v) is 15.5. The Morgan fingerprint density at radius 3 is 2.62 bits per heavy atom. The second-order valence-corrected chi connectivity index (χ2v) is 6.91. The third-order valence-electron chi connectivity index (χ3n) is 4.94. The molecule has 1 aromatic carbocycles. The molecule has 3 rings (SSSR count). The van der Waals surface area contributed by atoms with Crippen LogP contribution in [0.15, 0.2) is 30.5 Å². The molecule has 1 fully saturated rings. The average Bonchev–Trinajstić information content (AvgIpc) is 3.27. The van der Waals surface area contributed by atoms with Crippen LogP contribution in [0.1, 0.15) is 53.8 Å². The number of aryl methyl sites for hydroxylation is 2. The first-order chi connectivity index (χ1) is 12.6. The summed E-state index contributed by atoms with van der Waals surface area (Å²) in [5, 5.41) is 7.46. The predicted molar refractivity (Wildman–Crippen MR) is 99.5 cm³/mol. The minimum atomic E-state index is -0.239. The molecule has 0 bridgehead atoms. The molecule has 1 saturated heterocycles. The summed E-state index contributed by atoms with van der Waals surface area (Å²) in [6.07, 6.45) is 5.11. The van der Waals surface area contributed by atoms with E-state index in [0.29, 0.717) is 12.1 Å². The van der Waals surface area contributed by atoms with Gasteiger partial charge in [-0.25, -0.2) is 4.39 Å². The number of nitrogens with one attached hydrogen (secondary N) is 1. The summed E-state index contributed by atoms with van der Waals surface area (Å²) in [5.74, 6) is -0.340. The molecular formula is C20H27FN4O. The fraction of sp³-hybridized carbons (Fsp3) is 0.500. The van der Waals surface area contributed by atoms with E-state index in [4.69, 9.17) is 0 Å². The van der Waals surface area contributed by atoms with E-state index in [1.165, 1.54) is 12.1 Å². The number of carbonyl (C=O) groups excluding carboxylic acids is 1. The number of hydrogen-bond donors (Lipinski definition) is 1. The summed E-state index contributed by atoms with van der Waals surface area (Å²) in [7, 11) is 0. The standard InChI is InChI=1S/C20H27FN4O/c1-3-10-25-14-18(15(2)23-25)20(26)22-13-19(24-11-4-5-12-24)16-6-8-17(21)9-7-16/h6-9,14,19H,3-5,10-13H2,1-2H3,(H,22,26)/t19-/m0/s1. The number of halogens is 1. The molecule has 1 amide bonds. The van der Waals surface area contributed by atoms with Gasteiger partial charge in [0, 0.05) is 19.3 Å². The Bertz CT molecular complexity index is 735. The number of hydrogen-bond acceptors (Lipinski definition) is 3. The number of rotatable bonds is 7. The van der Waals surface area contributed by atoms with E-state index in [1.54, 1.807) is 0 Å². The molecule has 0 saturated carbocycles. The summed E-state index contributed by atoms with van der Waals surface area (Å²) >= 11 is 0. The molecule has 1 aliphatic heterocycles. The third kappa shape index (κ3) is 4.30. The minimum absolute atomic E-state index is 0.0630. The van der Waals surface area contributed by atoms with Crippen molar-refractivity contribution >= 4 is 5.91 Å². The fourth-order valence-corrected chi connectivity index (χ4v) is 3.56. The van der Waals surface area contributed by atoms with Crippen LogP contribution >= 0.6 is 0 Å². The van der Waals surface area contributed by atoms with E-state index in [-0.39, 0.29) is 17.8 Å². The summed E-state index contributed by atoms with van der Waals surface area (Å²) in [5.41, 5.74) is 2.40. The number of carbonyl (C=O) groups is 1. The van der Waals surface area contributed by atoms with Gasteiger partial charge in [0.05, 0.1) is 17.3 Å². The second-order valence-electron chi connectivity index (χ2n) is 6.91. The van der Waals surface area contributed by atoms with Gasteiger partial charge in [-0.15, -0.1) is 0 Å². The van der Waals surface area contributed by atoms with Crippen molar-refractivity contribution in [3.63, 3.8) is 0 Å². The SMILES string of the molecule is CCCn1cc(C(=O)NC[C@@H](c2ccc(F)cc2)N2CCCC2)c(C)n1. The van der Waals surface area contributed by atoms with Gasteiger partial charge in [-0.1, -0.05) is 19.1 Å². The predicted octanol–water partition coefficient (Wildman–Crippen LogP) is 3.31. The molecule has 1 aliphatic rings. The Morgan fingerprint density at radius 1 is 1.27 bits per heavy atom. The Labute approximate surface area is 154 Å². The number of likely N-dealkylation sites (tertiary alicyclic amines) is 1. The van der Waals surface area contributed by atoms with Crippen LogP contribution in [-0.4, -0.2) is 40.2 Å². The fourth-order valence-electron chi connectivity index (χ4n) is 3.56. The Morgan fingerprint density at radius 2 is 1.96 bits per heavy atom. The molecular weight excluding hydrogens is 331 g/mol. The van der Waals surface area contributed by atoms with E-state index >= 15 is 0 Å². The van der Waals surface area contributed by atoms with Crippen LogP contribution < -0.4 is 5.32 Å². The van der Waals surface area contributed by atoms with Gasteiger partial charge >= 0.3 is 0 Å². The monoisotopic (exact) mass is 358 g/mol. The van der Waals surface area contributed by atoms with Crippen molar-refractivity contribution in [2.45, 2.75) is 45.7 Å². The molecule has 1 aromatic heterocycles. The van der Waals surface area contributed by atoms with Crippen molar-refractivity contribution < 1.29 is 9.18 Å². The lowest BCUT2D eigenvalue weighted by atomic mass is 10.1. The lowest BCUT2D eigenvalue weighted by Crippen LogP contribution is -2.36. The van der Waals surface area contributed by atoms with Crippen molar-refractivity contribution in [1.82, 2.24) is 20.0 Å². The molecule has 2 aromatic rings. The summed E-state index contributed by atoms with van der Waals surface area (Å²) in [6, 6.07) is 6.66. The van der Waals surface area contributed by atoms with E-state index in [0.717, 1.165) is 50.2 Å². The van der Waals surface area contributed by atoms with Crippen molar-refractivity contribution in [3.05, 3.63) is 53.1 Å². The van der Waals surface area contributed by atoms with E-state index in [2.05, 4.69) is 22.2 Å². The molecule has 2 heterocycles. The van der Waals surface area contributed by atoms with E-state index < -0.39 is 0 Å². The lowest BCUT2D eigenvalue weighted by Gasteiger charge is -2.28. The topological polar surface area (TPSA) is 50.2 Å². The van der Waals surface area contributed by atoms with Crippen molar-refractivity contribution in [1.29, 1.82) is 0 Å². The molecule has 0 aliphatic carbocycles. The largest absolute Gasteiger partial charge is 0.350 e. The minimum Gasteiger partial charge on any atom is -0.350 e. The normalized spacial score (nSPS) is 16.0. The Hall–Kier alpha value is -2.21. The van der Waals surface area contributed by atoms with Gasteiger partial charge in [-0.05, 0) is 57.0 Å². The molecule has 0 radical (unpaired) electrons. The molecule has 140 valence electrons. The Kier molecular flexibility index (Phi) is 6.04. The van der Waals surface area contributed by atoms with Crippen LogP contribution in [0.5, 0.6) is 0 Å². The highest BCUT2D eigenvalue weighted by molar-refractivity contribution is 5.95. The average molecular weight is 358 g/mol. The number of benzene rings is 1. The highest BCUT2D eigenvalue weighted by Gasteiger charge is 2.24. The lowest BCUT2D eigenvalue weighted by molar-refractivity contribution is 0.0937. The number of aromatic nitrogens is 2. The van der Waals surface area contributed by atoms with Gasteiger partial charge in [0.2, 0.25) is 0 Å². The summed E-state index contributed by atoms with van der Waals surface area (Å²) < 4.78 is 15.1. The van der Waals surface area contributed by atoms with Gasteiger partial charge < -0.3 is 5.32 Å². The number of nitrogens with zero attached hydrogens (tertiary/aromatic N) is 3. The molecule has 1 N–H and O–H groups in total. The summed E-state index contributed by atoms with van der Waals surface area (Å²) in [4.78, 5) is 15.0. The third-order valence-corrected chi connectivity index (χ3v) is 4.94. The maximum atomic E-state index is 13.3. The first-order valence-corrected chi connectivity index (χ1v) is 9.40. The first kappa shape index (κ1) is 18.6. The molecule has 26 heavy (non-hydrogen) atoms. The van der Waals surface area contributed by atoms with Crippen molar-refractivity contribution in [3.8, 4) is 0 Å². The zero-order valence-electron chi connectivity index (χ0n) is 15.5. The molecule has 0 spiro atoms.